The van der Waals surface area contributed by atoms with Crippen molar-refractivity contribution in [2.24, 2.45) is 0 Å². The molecule has 1 aliphatic heterocycles. The van der Waals surface area contributed by atoms with E-state index < -0.39 is 0 Å². The van der Waals surface area contributed by atoms with Gasteiger partial charge in [0.15, 0.2) is 11.5 Å². The largest absolute Gasteiger partial charge is 0.490 e. The molecule has 1 heterocycles. The second-order valence-electron chi connectivity index (χ2n) is 6.40. The minimum Gasteiger partial charge on any atom is -0.490 e. The van der Waals surface area contributed by atoms with Crippen molar-refractivity contribution < 1.29 is 19.0 Å². The van der Waals surface area contributed by atoms with E-state index in [1.54, 1.807) is 12.1 Å². The van der Waals surface area contributed by atoms with E-state index in [9.17, 15) is 4.79 Å². The van der Waals surface area contributed by atoms with E-state index in [1.165, 1.54) is 12.8 Å². The van der Waals surface area contributed by atoms with E-state index in [2.05, 4.69) is 17.1 Å². The van der Waals surface area contributed by atoms with E-state index in [-0.39, 0.29) is 5.91 Å². The summed E-state index contributed by atoms with van der Waals surface area (Å²) >= 11 is 0. The van der Waals surface area contributed by atoms with Crippen LogP contribution in [0, 0.1) is 0 Å². The molecule has 26 heavy (non-hydrogen) atoms. The number of likely N-dealkylation sites (tertiary alicyclic amines) is 1. The molecule has 1 N–H and O–H groups in total. The van der Waals surface area contributed by atoms with Gasteiger partial charge in [-0.15, -0.1) is 0 Å². The van der Waals surface area contributed by atoms with Crippen LogP contribution in [0.2, 0.25) is 0 Å². The van der Waals surface area contributed by atoms with Crippen LogP contribution in [0.25, 0.3) is 0 Å². The van der Waals surface area contributed by atoms with Gasteiger partial charge in [-0.25, -0.2) is 0 Å². The summed E-state index contributed by atoms with van der Waals surface area (Å²) in [7, 11) is 0. The monoisotopic (exact) mass is 364 g/mol. The molecular formula is C20H32N2O4. The van der Waals surface area contributed by atoms with Crippen molar-refractivity contribution in [3.05, 3.63) is 17.7 Å². The number of hydrogen-bond acceptors (Lipinski definition) is 5. The number of carbonyl (C=O) groups excluding carboxylic acids is 1. The number of amides is 1. The Morgan fingerprint density at radius 2 is 1.58 bits per heavy atom. The van der Waals surface area contributed by atoms with Crippen LogP contribution in [0.15, 0.2) is 12.1 Å². The van der Waals surface area contributed by atoms with Crippen LogP contribution < -0.4 is 19.5 Å². The molecule has 1 saturated heterocycles. The number of ether oxygens (including phenoxy) is 3. The van der Waals surface area contributed by atoms with Gasteiger partial charge in [-0.2, -0.15) is 0 Å². The molecule has 146 valence electrons. The van der Waals surface area contributed by atoms with Gasteiger partial charge in [0.05, 0.1) is 19.8 Å². The third-order valence-electron chi connectivity index (χ3n) is 4.49. The highest BCUT2D eigenvalue weighted by molar-refractivity contribution is 5.95. The lowest BCUT2D eigenvalue weighted by Crippen LogP contribution is -2.40. The van der Waals surface area contributed by atoms with Crippen LogP contribution in [-0.4, -0.2) is 56.3 Å². The van der Waals surface area contributed by atoms with Crippen molar-refractivity contribution in [1.29, 1.82) is 0 Å². The number of carbonyl (C=O) groups is 1. The molecular weight excluding hydrogens is 332 g/mol. The van der Waals surface area contributed by atoms with Crippen LogP contribution in [0.5, 0.6) is 17.2 Å². The van der Waals surface area contributed by atoms with E-state index in [0.717, 1.165) is 13.1 Å². The molecule has 0 saturated carbocycles. The Bertz CT molecular complexity index is 558. The van der Waals surface area contributed by atoms with E-state index in [4.69, 9.17) is 14.2 Å². The lowest BCUT2D eigenvalue weighted by Gasteiger charge is -2.24. The van der Waals surface area contributed by atoms with Crippen LogP contribution >= 0.6 is 0 Å². The molecule has 6 heteroatoms. The third-order valence-corrected chi connectivity index (χ3v) is 4.49. The zero-order valence-electron chi connectivity index (χ0n) is 16.5. The predicted molar refractivity (Wildman–Crippen MR) is 103 cm³/mol. The summed E-state index contributed by atoms with van der Waals surface area (Å²) in [6, 6.07) is 3.79. The van der Waals surface area contributed by atoms with Gasteiger partial charge < -0.3 is 19.5 Å². The summed E-state index contributed by atoms with van der Waals surface area (Å²) in [5.74, 6) is 1.51. The molecule has 1 fully saturated rings. The zero-order valence-corrected chi connectivity index (χ0v) is 16.5. The average Bonchev–Trinajstić information content (AvgIpc) is 3.17. The maximum Gasteiger partial charge on any atom is 0.251 e. The van der Waals surface area contributed by atoms with E-state index >= 15 is 0 Å². The summed E-state index contributed by atoms with van der Waals surface area (Å²) in [4.78, 5) is 15.1. The average molecular weight is 364 g/mol. The highest BCUT2D eigenvalue weighted by Gasteiger charge is 2.21. The molecule has 0 spiro atoms. The molecule has 6 nitrogen and oxygen atoms in total. The number of benzene rings is 1. The molecule has 0 bridgehead atoms. The lowest BCUT2D eigenvalue weighted by atomic mass is 10.1. The predicted octanol–water partition coefficient (Wildman–Crippen LogP) is 3.10. The lowest BCUT2D eigenvalue weighted by molar-refractivity contribution is 0.0939. The first-order chi connectivity index (χ1) is 12.6. The van der Waals surface area contributed by atoms with Crippen molar-refractivity contribution in [2.45, 2.75) is 46.6 Å². The van der Waals surface area contributed by atoms with Gasteiger partial charge in [0.25, 0.3) is 5.91 Å². The second-order valence-corrected chi connectivity index (χ2v) is 6.40. The Kier molecular flexibility index (Phi) is 8.04. The fourth-order valence-electron chi connectivity index (χ4n) is 3.17. The molecule has 0 radical (unpaired) electrons. The number of hydrogen-bond donors (Lipinski definition) is 1. The van der Waals surface area contributed by atoms with Gasteiger partial charge in [-0.05, 0) is 65.8 Å². The topological polar surface area (TPSA) is 60.0 Å². The summed E-state index contributed by atoms with van der Waals surface area (Å²) in [6.07, 6.45) is 2.49. The molecule has 2 rings (SSSR count). The highest BCUT2D eigenvalue weighted by Crippen LogP contribution is 2.39. The smallest absolute Gasteiger partial charge is 0.251 e. The van der Waals surface area contributed by atoms with Crippen LogP contribution in [0.3, 0.4) is 0 Å². The van der Waals surface area contributed by atoms with Crippen molar-refractivity contribution in [3.8, 4) is 17.2 Å². The van der Waals surface area contributed by atoms with Crippen LogP contribution in [0.4, 0.5) is 0 Å². The van der Waals surface area contributed by atoms with Gasteiger partial charge in [0, 0.05) is 18.2 Å². The third kappa shape index (κ3) is 5.27. The molecule has 0 aromatic heterocycles. The maximum atomic E-state index is 12.7. The Labute approximate surface area is 156 Å². The first kappa shape index (κ1) is 20.4. The minimum atomic E-state index is -0.124. The molecule has 1 atom stereocenters. The fourth-order valence-corrected chi connectivity index (χ4v) is 3.17. The highest BCUT2D eigenvalue weighted by atomic mass is 16.5. The summed E-state index contributed by atoms with van der Waals surface area (Å²) in [5, 5.41) is 3.03. The molecule has 1 amide bonds. The Hall–Kier alpha value is -1.95. The summed E-state index contributed by atoms with van der Waals surface area (Å²) < 4.78 is 17.0. The molecule has 1 aromatic rings. The van der Waals surface area contributed by atoms with Crippen molar-refractivity contribution in [2.75, 3.05) is 39.5 Å². The van der Waals surface area contributed by atoms with Crippen LogP contribution in [0.1, 0.15) is 50.9 Å². The Morgan fingerprint density at radius 3 is 2.08 bits per heavy atom. The van der Waals surface area contributed by atoms with Gasteiger partial charge in [-0.1, -0.05) is 0 Å². The Morgan fingerprint density at radius 1 is 1.04 bits per heavy atom. The van der Waals surface area contributed by atoms with E-state index in [1.807, 2.05) is 20.8 Å². The summed E-state index contributed by atoms with van der Waals surface area (Å²) in [6.45, 7) is 12.2. The first-order valence-corrected chi connectivity index (χ1v) is 9.69. The minimum absolute atomic E-state index is 0.124. The standard InChI is InChI=1S/C20H32N2O4/c1-5-24-17-12-16(13-18(25-6-2)19(17)26-7-3)20(23)21-14-15(4)22-10-8-9-11-22/h12-13,15H,5-11,14H2,1-4H3,(H,21,23). The fraction of sp³-hybridized carbons (Fsp3) is 0.650. The SMILES string of the molecule is CCOc1cc(C(=O)NCC(C)N2CCCC2)cc(OCC)c1OCC. The van der Waals surface area contributed by atoms with Crippen molar-refractivity contribution in [3.63, 3.8) is 0 Å². The van der Waals surface area contributed by atoms with Crippen molar-refractivity contribution >= 4 is 5.91 Å². The van der Waals surface area contributed by atoms with Gasteiger partial charge >= 0.3 is 0 Å². The van der Waals surface area contributed by atoms with Crippen LogP contribution in [-0.2, 0) is 0 Å². The van der Waals surface area contributed by atoms with Gasteiger partial charge in [0.2, 0.25) is 5.75 Å². The van der Waals surface area contributed by atoms with Gasteiger partial charge in [0.1, 0.15) is 0 Å². The molecule has 1 unspecified atom stereocenters. The normalized spacial score (nSPS) is 15.5. The van der Waals surface area contributed by atoms with E-state index in [0.29, 0.717) is 55.2 Å². The maximum absolute atomic E-state index is 12.7. The van der Waals surface area contributed by atoms with Crippen molar-refractivity contribution in [1.82, 2.24) is 10.2 Å². The van der Waals surface area contributed by atoms with Gasteiger partial charge in [-0.3, -0.25) is 9.69 Å². The number of nitrogens with one attached hydrogen (secondary N) is 1. The molecule has 1 aromatic carbocycles. The quantitative estimate of drug-likeness (QED) is 0.691. The first-order valence-electron chi connectivity index (χ1n) is 9.69. The molecule has 0 aliphatic carbocycles. The summed E-state index contributed by atoms with van der Waals surface area (Å²) in [5.41, 5.74) is 0.522. The molecule has 1 aliphatic rings. The number of nitrogens with zero attached hydrogens (tertiary/aromatic N) is 1. The number of rotatable bonds is 10. The Balaban J connectivity index is 2.13. The zero-order chi connectivity index (χ0) is 18.9. The second kappa shape index (κ2) is 10.3.